The molecule has 2 bridgehead atoms. The highest BCUT2D eigenvalue weighted by atomic mass is 16.3. The molecule has 0 aliphatic heterocycles. The Kier molecular flexibility index (Phi) is 3.52. The zero-order chi connectivity index (χ0) is 16.5. The van der Waals surface area contributed by atoms with E-state index < -0.39 is 5.60 Å². The molecule has 3 N–H and O–H groups in total. The minimum Gasteiger partial charge on any atom is -0.396 e. The number of hydrogen-bond acceptors (Lipinski definition) is 3. The molecule has 7 unspecified atom stereocenters. The first kappa shape index (κ1) is 16.4. The highest BCUT2D eigenvalue weighted by Crippen LogP contribution is 2.72. The predicted molar refractivity (Wildman–Crippen MR) is 89.8 cm³/mol. The van der Waals surface area contributed by atoms with Crippen molar-refractivity contribution < 1.29 is 15.3 Å². The van der Waals surface area contributed by atoms with Gasteiger partial charge in [-0.2, -0.15) is 0 Å². The van der Waals surface area contributed by atoms with Crippen LogP contribution in [0.25, 0.3) is 0 Å². The molecule has 0 amide bonds. The summed E-state index contributed by atoms with van der Waals surface area (Å²) in [7, 11) is 0. The summed E-state index contributed by atoms with van der Waals surface area (Å²) in [6, 6.07) is 0. The third-order valence-electron chi connectivity index (χ3n) is 8.99. The second kappa shape index (κ2) is 4.95. The maximum Gasteiger partial charge on any atom is 0.0653 e. The first-order chi connectivity index (χ1) is 10.8. The molecule has 0 aromatic rings. The van der Waals surface area contributed by atoms with Gasteiger partial charge in [0.1, 0.15) is 0 Å². The van der Waals surface area contributed by atoms with Crippen molar-refractivity contribution in [3.8, 4) is 0 Å². The molecule has 4 saturated carbocycles. The van der Waals surface area contributed by atoms with Gasteiger partial charge >= 0.3 is 0 Å². The maximum absolute atomic E-state index is 10.9. The molecule has 0 radical (unpaired) electrons. The summed E-state index contributed by atoms with van der Waals surface area (Å²) in [5.74, 6) is 1.44. The van der Waals surface area contributed by atoms with Gasteiger partial charge in [-0.15, -0.1) is 0 Å². The van der Waals surface area contributed by atoms with E-state index in [0.717, 1.165) is 44.9 Å². The number of fused-ring (bicyclic) bond motifs is 3. The van der Waals surface area contributed by atoms with E-state index in [1.807, 2.05) is 6.92 Å². The van der Waals surface area contributed by atoms with Gasteiger partial charge in [-0.25, -0.2) is 0 Å². The maximum atomic E-state index is 10.9. The van der Waals surface area contributed by atoms with Crippen LogP contribution in [-0.2, 0) is 0 Å². The van der Waals surface area contributed by atoms with Crippen molar-refractivity contribution in [2.45, 2.75) is 77.2 Å². The average Bonchev–Trinajstić information content (AvgIpc) is 2.71. The van der Waals surface area contributed by atoms with Crippen LogP contribution in [0.4, 0.5) is 0 Å². The lowest BCUT2D eigenvalue weighted by atomic mass is 9.40. The van der Waals surface area contributed by atoms with E-state index in [1.54, 1.807) is 0 Å². The Morgan fingerprint density at radius 1 is 0.913 bits per heavy atom. The van der Waals surface area contributed by atoms with Crippen molar-refractivity contribution in [3.05, 3.63) is 0 Å². The van der Waals surface area contributed by atoms with Gasteiger partial charge in [-0.1, -0.05) is 13.3 Å². The molecule has 4 aliphatic rings. The monoisotopic (exact) mass is 322 g/mol. The SMILES string of the molecule is CC1(O)CC23CCC4C(C)(CO)CCCC4(CO)C2CCC1C3. The van der Waals surface area contributed by atoms with Crippen LogP contribution in [0.3, 0.4) is 0 Å². The third-order valence-corrected chi connectivity index (χ3v) is 8.99. The quantitative estimate of drug-likeness (QED) is 0.732. The Balaban J connectivity index is 1.75. The fourth-order valence-electron chi connectivity index (χ4n) is 8.09. The number of aliphatic hydroxyl groups is 3. The highest BCUT2D eigenvalue weighted by molar-refractivity contribution is 5.17. The van der Waals surface area contributed by atoms with Gasteiger partial charge in [-0.05, 0) is 86.9 Å². The van der Waals surface area contributed by atoms with Crippen LogP contribution in [0.1, 0.15) is 71.6 Å². The molecule has 3 heteroatoms. The van der Waals surface area contributed by atoms with E-state index in [0.29, 0.717) is 17.8 Å². The molecular formula is C20H34O3. The van der Waals surface area contributed by atoms with Gasteiger partial charge in [0.05, 0.1) is 5.60 Å². The first-order valence-corrected chi connectivity index (χ1v) is 9.76. The van der Waals surface area contributed by atoms with Gasteiger partial charge < -0.3 is 15.3 Å². The summed E-state index contributed by atoms with van der Waals surface area (Å²) in [4.78, 5) is 0. The summed E-state index contributed by atoms with van der Waals surface area (Å²) >= 11 is 0. The van der Waals surface area contributed by atoms with E-state index >= 15 is 0 Å². The molecule has 7 atom stereocenters. The van der Waals surface area contributed by atoms with E-state index in [-0.39, 0.29) is 29.5 Å². The zero-order valence-electron chi connectivity index (χ0n) is 14.9. The Morgan fingerprint density at radius 3 is 2.39 bits per heavy atom. The molecule has 0 aromatic heterocycles. The number of rotatable bonds is 2. The second-order valence-corrected chi connectivity index (χ2v) is 10.1. The molecule has 0 aromatic carbocycles. The molecule has 4 rings (SSSR count). The van der Waals surface area contributed by atoms with Crippen molar-refractivity contribution in [1.29, 1.82) is 0 Å². The topological polar surface area (TPSA) is 60.7 Å². The van der Waals surface area contributed by atoms with Crippen LogP contribution in [0, 0.1) is 34.0 Å². The normalized spacial score (nSPS) is 58.6. The summed E-state index contributed by atoms with van der Waals surface area (Å²) in [5.41, 5.74) is -0.299. The Morgan fingerprint density at radius 2 is 1.70 bits per heavy atom. The number of hydrogen-bond donors (Lipinski definition) is 3. The van der Waals surface area contributed by atoms with Crippen molar-refractivity contribution in [1.82, 2.24) is 0 Å². The number of aliphatic hydroxyl groups excluding tert-OH is 2. The van der Waals surface area contributed by atoms with Crippen LogP contribution in [0.5, 0.6) is 0 Å². The summed E-state index contributed by atoms with van der Waals surface area (Å²) in [5, 5.41) is 31.5. The standard InChI is InChI=1S/C20H34O3/c1-17(12-21)7-3-8-20(13-22)15(17)6-9-19-10-14(4-5-16(19)20)18(2,23)11-19/h14-16,21-23H,3-13H2,1-2H3. The third kappa shape index (κ3) is 1.99. The average molecular weight is 322 g/mol. The molecule has 4 fully saturated rings. The second-order valence-electron chi connectivity index (χ2n) is 10.1. The molecule has 4 aliphatic carbocycles. The van der Waals surface area contributed by atoms with Crippen LogP contribution >= 0.6 is 0 Å². The fraction of sp³-hybridized carbons (Fsp3) is 1.00. The lowest BCUT2D eigenvalue weighted by Crippen LogP contribution is -2.60. The van der Waals surface area contributed by atoms with E-state index in [1.165, 1.54) is 12.8 Å². The molecule has 1 spiro atoms. The molecule has 132 valence electrons. The van der Waals surface area contributed by atoms with Crippen LogP contribution in [0.2, 0.25) is 0 Å². The minimum atomic E-state index is -0.507. The zero-order valence-corrected chi connectivity index (χ0v) is 14.9. The van der Waals surface area contributed by atoms with Gasteiger partial charge in [-0.3, -0.25) is 0 Å². The lowest BCUT2D eigenvalue weighted by molar-refractivity contribution is -0.185. The first-order valence-electron chi connectivity index (χ1n) is 9.76. The Hall–Kier alpha value is -0.120. The minimum absolute atomic E-state index is 0.0145. The van der Waals surface area contributed by atoms with E-state index in [9.17, 15) is 15.3 Å². The Labute approximate surface area is 140 Å². The molecule has 3 nitrogen and oxygen atoms in total. The predicted octanol–water partition coefficient (Wildman–Crippen LogP) is 3.12. The lowest BCUT2D eigenvalue weighted by Gasteiger charge is -2.64. The molecule has 23 heavy (non-hydrogen) atoms. The smallest absolute Gasteiger partial charge is 0.0653 e. The van der Waals surface area contributed by atoms with Crippen molar-refractivity contribution in [3.63, 3.8) is 0 Å². The molecular weight excluding hydrogens is 288 g/mol. The van der Waals surface area contributed by atoms with Crippen molar-refractivity contribution in [2.24, 2.45) is 34.0 Å². The van der Waals surface area contributed by atoms with Crippen molar-refractivity contribution in [2.75, 3.05) is 13.2 Å². The van der Waals surface area contributed by atoms with Gasteiger partial charge in [0.2, 0.25) is 0 Å². The molecule has 0 heterocycles. The van der Waals surface area contributed by atoms with Gasteiger partial charge in [0.25, 0.3) is 0 Å². The largest absolute Gasteiger partial charge is 0.396 e. The van der Waals surface area contributed by atoms with Gasteiger partial charge in [0, 0.05) is 18.6 Å². The highest BCUT2D eigenvalue weighted by Gasteiger charge is 2.67. The van der Waals surface area contributed by atoms with Crippen LogP contribution in [-0.4, -0.2) is 34.1 Å². The molecule has 0 saturated heterocycles. The Bertz CT molecular complexity index is 489. The summed E-state index contributed by atoms with van der Waals surface area (Å²) < 4.78 is 0. The van der Waals surface area contributed by atoms with Crippen LogP contribution < -0.4 is 0 Å². The van der Waals surface area contributed by atoms with Crippen molar-refractivity contribution >= 4 is 0 Å². The van der Waals surface area contributed by atoms with Crippen LogP contribution in [0.15, 0.2) is 0 Å². The fourth-order valence-corrected chi connectivity index (χ4v) is 8.09. The van der Waals surface area contributed by atoms with Gasteiger partial charge in [0.15, 0.2) is 0 Å². The summed E-state index contributed by atoms with van der Waals surface area (Å²) in [6.45, 7) is 4.81. The summed E-state index contributed by atoms with van der Waals surface area (Å²) in [6.07, 6.45) is 10.0. The van der Waals surface area contributed by atoms with E-state index in [4.69, 9.17) is 0 Å². The van der Waals surface area contributed by atoms with E-state index in [2.05, 4.69) is 6.92 Å².